The predicted molar refractivity (Wildman–Crippen MR) is 151 cm³/mol. The van der Waals surface area contributed by atoms with Crippen LogP contribution in [0.5, 0.6) is 0 Å². The number of hydrogen-bond acceptors (Lipinski definition) is 5. The molecule has 0 amide bonds. The molecule has 2 aliphatic rings. The monoisotopic (exact) mass is 502 g/mol. The first-order valence-electron chi connectivity index (χ1n) is 13.2. The van der Waals surface area contributed by atoms with E-state index >= 15 is 0 Å². The van der Waals surface area contributed by atoms with Gasteiger partial charge in [0, 0.05) is 35.1 Å². The van der Waals surface area contributed by atoms with Crippen LogP contribution in [0.15, 0.2) is 79.2 Å². The zero-order chi connectivity index (χ0) is 26.0. The average molecular weight is 503 g/mol. The zero-order valence-corrected chi connectivity index (χ0v) is 21.5. The fourth-order valence-corrected chi connectivity index (χ4v) is 6.05. The zero-order valence-electron chi connectivity index (χ0n) is 21.5. The second kappa shape index (κ2) is 8.39. The molecule has 7 heteroatoms. The van der Waals surface area contributed by atoms with E-state index in [0.717, 1.165) is 51.4 Å². The highest BCUT2D eigenvalue weighted by atomic mass is 16.3. The largest absolute Gasteiger partial charge is 0.390 e. The maximum absolute atomic E-state index is 10.4. The molecular weight excluding hydrogens is 472 g/mol. The predicted octanol–water partition coefficient (Wildman–Crippen LogP) is 6.06. The van der Waals surface area contributed by atoms with Gasteiger partial charge in [0.25, 0.3) is 0 Å². The summed E-state index contributed by atoms with van der Waals surface area (Å²) >= 11 is 0. The molecule has 2 aliphatic carbocycles. The summed E-state index contributed by atoms with van der Waals surface area (Å²) in [6.45, 7) is 4.12. The van der Waals surface area contributed by atoms with Crippen molar-refractivity contribution >= 4 is 28.1 Å². The summed E-state index contributed by atoms with van der Waals surface area (Å²) in [4.78, 5) is 14.6. The maximum atomic E-state index is 10.4. The molecule has 38 heavy (non-hydrogen) atoms. The van der Waals surface area contributed by atoms with Gasteiger partial charge in [-0.2, -0.15) is 0 Å². The normalized spacial score (nSPS) is 23.1. The lowest BCUT2D eigenvalue weighted by molar-refractivity contribution is -0.0335. The van der Waals surface area contributed by atoms with E-state index in [1.165, 1.54) is 5.70 Å². The van der Waals surface area contributed by atoms with Gasteiger partial charge in [-0.15, -0.1) is 0 Å². The van der Waals surface area contributed by atoms with Crippen molar-refractivity contribution in [2.45, 2.75) is 44.6 Å². The lowest BCUT2D eigenvalue weighted by Gasteiger charge is -2.40. The Morgan fingerprint density at radius 1 is 1.05 bits per heavy atom. The van der Waals surface area contributed by atoms with Crippen LogP contribution < -0.4 is 5.73 Å². The number of aliphatic hydroxyl groups is 1. The molecule has 1 atom stereocenters. The van der Waals surface area contributed by atoms with Gasteiger partial charge in [0.15, 0.2) is 0 Å². The van der Waals surface area contributed by atoms with Crippen molar-refractivity contribution in [3.63, 3.8) is 0 Å². The topological polar surface area (TPSA) is 94.3 Å². The molecule has 0 bridgehead atoms. The highest BCUT2D eigenvalue weighted by molar-refractivity contribution is 5.92. The molecule has 1 unspecified atom stereocenters. The maximum Gasteiger partial charge on any atom is 0.150 e. The fraction of sp³-hybridized carbons (Fsp3) is 0.258. The molecule has 190 valence electrons. The van der Waals surface area contributed by atoms with Gasteiger partial charge in [0.2, 0.25) is 0 Å². The van der Waals surface area contributed by atoms with Crippen molar-refractivity contribution in [3.05, 3.63) is 85.0 Å². The molecule has 7 rings (SSSR count). The number of fused-ring (bicyclic) bond motifs is 2. The Balaban J connectivity index is 1.41. The molecule has 0 aliphatic heterocycles. The molecule has 3 heterocycles. The lowest BCUT2D eigenvalue weighted by Crippen LogP contribution is -2.40. The summed E-state index contributed by atoms with van der Waals surface area (Å²) in [5, 5.41) is 10.4. The van der Waals surface area contributed by atoms with Crippen molar-refractivity contribution in [1.29, 1.82) is 0 Å². The molecule has 1 saturated carbocycles. The Morgan fingerprint density at radius 2 is 1.87 bits per heavy atom. The summed E-state index contributed by atoms with van der Waals surface area (Å²) in [5.41, 5.74) is 12.6. The van der Waals surface area contributed by atoms with Crippen LogP contribution in [-0.4, -0.2) is 34.6 Å². The summed E-state index contributed by atoms with van der Waals surface area (Å²) in [6.07, 6.45) is 12.5. The van der Waals surface area contributed by atoms with Crippen LogP contribution in [0.3, 0.4) is 0 Å². The molecule has 3 N–H and O–H groups in total. The first-order valence-corrected chi connectivity index (χ1v) is 13.2. The molecule has 0 radical (unpaired) electrons. The van der Waals surface area contributed by atoms with Crippen LogP contribution in [-0.2, 0) is 0 Å². The van der Waals surface area contributed by atoms with E-state index in [0.29, 0.717) is 24.6 Å². The molecule has 3 aromatic heterocycles. The van der Waals surface area contributed by atoms with Gasteiger partial charge in [0.1, 0.15) is 28.7 Å². The Bertz CT molecular complexity index is 1750. The summed E-state index contributed by atoms with van der Waals surface area (Å²) < 4.78 is 4.33. The van der Waals surface area contributed by atoms with Crippen molar-refractivity contribution in [2.24, 2.45) is 5.92 Å². The number of allylic oxidation sites excluding steroid dienone is 4. The minimum Gasteiger partial charge on any atom is -0.390 e. The van der Waals surface area contributed by atoms with Gasteiger partial charge in [0.05, 0.1) is 16.6 Å². The number of nitrogen functional groups attached to an aromatic ring is 1. The van der Waals surface area contributed by atoms with Gasteiger partial charge in [-0.25, -0.2) is 15.0 Å². The number of benzene rings is 2. The molecule has 0 saturated heterocycles. The van der Waals surface area contributed by atoms with E-state index in [1.54, 1.807) is 6.20 Å². The van der Waals surface area contributed by atoms with Gasteiger partial charge < -0.3 is 10.8 Å². The van der Waals surface area contributed by atoms with Crippen LogP contribution >= 0.6 is 0 Å². The van der Waals surface area contributed by atoms with Crippen molar-refractivity contribution < 1.29 is 5.11 Å². The summed E-state index contributed by atoms with van der Waals surface area (Å²) in [7, 11) is 0. The number of rotatable bonds is 4. The van der Waals surface area contributed by atoms with Crippen LogP contribution in [0.1, 0.15) is 44.9 Å². The standard InChI is InChI=1S/C31H30N6O/c1-19-7-6-10-23(15-19)37-25-12-11-21(16-24(25)34-30(37)20-8-4-3-5-9-20)26-27-28(32)33-13-14-36(27)29(35-26)22-17-31(2,38)18-22/h3-14,16,19,22,38H,15,17-18H2,1-2H3,(H2,32,33). The third kappa shape index (κ3) is 3.65. The molecular formula is C31H30N6O. The molecule has 7 nitrogen and oxygen atoms in total. The first-order chi connectivity index (χ1) is 18.4. The lowest BCUT2D eigenvalue weighted by atomic mass is 9.72. The third-order valence-corrected chi connectivity index (χ3v) is 7.85. The molecule has 0 spiro atoms. The highest BCUT2D eigenvalue weighted by Crippen LogP contribution is 2.45. The number of aromatic nitrogens is 5. The minimum absolute atomic E-state index is 0.175. The van der Waals surface area contributed by atoms with Crippen molar-refractivity contribution in [2.75, 3.05) is 5.73 Å². The number of nitrogens with zero attached hydrogens (tertiary/aromatic N) is 5. The number of hydrogen-bond donors (Lipinski definition) is 2. The average Bonchev–Trinajstić information content (AvgIpc) is 3.47. The highest BCUT2D eigenvalue weighted by Gasteiger charge is 2.41. The second-order valence-corrected chi connectivity index (χ2v) is 11.0. The van der Waals surface area contributed by atoms with Crippen LogP contribution in [0.25, 0.3) is 44.9 Å². The number of imidazole rings is 2. The van der Waals surface area contributed by atoms with E-state index in [4.69, 9.17) is 15.7 Å². The quantitative estimate of drug-likeness (QED) is 0.311. The van der Waals surface area contributed by atoms with E-state index in [1.807, 2.05) is 23.6 Å². The Hall–Kier alpha value is -4.23. The Labute approximate surface area is 221 Å². The van der Waals surface area contributed by atoms with E-state index in [9.17, 15) is 5.11 Å². The Kier molecular flexibility index (Phi) is 5.07. The summed E-state index contributed by atoms with van der Waals surface area (Å²) in [5.74, 6) is 2.93. The fourth-order valence-electron chi connectivity index (χ4n) is 6.05. The summed E-state index contributed by atoms with van der Waals surface area (Å²) in [6, 6.07) is 16.7. The molecule has 2 aromatic carbocycles. The van der Waals surface area contributed by atoms with E-state index in [-0.39, 0.29) is 5.92 Å². The van der Waals surface area contributed by atoms with E-state index < -0.39 is 5.60 Å². The van der Waals surface area contributed by atoms with Gasteiger partial charge >= 0.3 is 0 Å². The SMILES string of the molecule is CC1C=CC=C(n2c(-c3ccccc3)nc3cc(-c4nc(C5CC(C)(O)C5)n5ccnc(N)c45)ccc32)C1. The Morgan fingerprint density at radius 3 is 2.63 bits per heavy atom. The smallest absolute Gasteiger partial charge is 0.150 e. The minimum atomic E-state index is -0.644. The van der Waals surface area contributed by atoms with E-state index in [2.05, 4.69) is 77.2 Å². The first kappa shape index (κ1) is 22.9. The van der Waals surface area contributed by atoms with Gasteiger partial charge in [-0.3, -0.25) is 8.97 Å². The third-order valence-electron chi connectivity index (χ3n) is 7.85. The number of anilines is 1. The van der Waals surface area contributed by atoms with Crippen LogP contribution in [0.4, 0.5) is 5.82 Å². The number of nitrogens with two attached hydrogens (primary N) is 1. The van der Waals surface area contributed by atoms with Crippen LogP contribution in [0, 0.1) is 5.92 Å². The van der Waals surface area contributed by atoms with Gasteiger partial charge in [-0.05, 0) is 50.3 Å². The molecule has 1 fully saturated rings. The van der Waals surface area contributed by atoms with Crippen molar-refractivity contribution in [3.8, 4) is 22.6 Å². The van der Waals surface area contributed by atoms with Crippen LogP contribution in [0.2, 0.25) is 0 Å². The molecule has 5 aromatic rings. The van der Waals surface area contributed by atoms with Gasteiger partial charge in [-0.1, -0.05) is 55.5 Å². The van der Waals surface area contributed by atoms with Crippen molar-refractivity contribution in [1.82, 2.24) is 23.9 Å². The second-order valence-electron chi connectivity index (χ2n) is 11.0.